The Hall–Kier alpha value is -4.26. The lowest BCUT2D eigenvalue weighted by atomic mass is 10.1. The van der Waals surface area contributed by atoms with Crippen molar-refractivity contribution in [1.82, 2.24) is 29.3 Å². The maximum Gasteiger partial charge on any atom is 0.399 e. The van der Waals surface area contributed by atoms with Gasteiger partial charge in [0.1, 0.15) is 6.33 Å². The SMILES string of the molecule is N#Cc1cc2[nH]c(=O)c3nncn3c2cc1CP(=O)(O)On1ccnc1-c1ccccc1. The topological polar surface area (TPSA) is 151 Å². The molecule has 0 fully saturated rings. The third kappa shape index (κ3) is 3.43. The highest BCUT2D eigenvalue weighted by Crippen LogP contribution is 2.44. The minimum atomic E-state index is -4.26. The number of rotatable bonds is 5. The third-order valence-corrected chi connectivity index (χ3v) is 6.00. The molecule has 0 amide bonds. The van der Waals surface area contributed by atoms with Gasteiger partial charge in [0.05, 0.1) is 35.0 Å². The summed E-state index contributed by atoms with van der Waals surface area (Å²) >= 11 is 0. The first-order valence-electron chi connectivity index (χ1n) is 9.34. The zero-order valence-corrected chi connectivity index (χ0v) is 17.2. The molecular formula is C20H14N7O4P. The Balaban J connectivity index is 1.53. The molecule has 2 N–H and O–H groups in total. The van der Waals surface area contributed by atoms with Crippen molar-refractivity contribution in [2.75, 3.05) is 0 Å². The van der Waals surface area contributed by atoms with Crippen molar-refractivity contribution in [1.29, 1.82) is 5.26 Å². The van der Waals surface area contributed by atoms with Gasteiger partial charge in [0.2, 0.25) is 5.65 Å². The number of H-pyrrole nitrogens is 1. The fourth-order valence-electron chi connectivity index (χ4n) is 3.44. The first-order valence-corrected chi connectivity index (χ1v) is 11.1. The smallest absolute Gasteiger partial charge is 0.331 e. The van der Waals surface area contributed by atoms with Gasteiger partial charge >= 0.3 is 7.60 Å². The Morgan fingerprint density at radius 1 is 1.25 bits per heavy atom. The average Bonchev–Trinajstić information content (AvgIpc) is 3.44. The molecule has 3 aromatic heterocycles. The second-order valence-electron chi connectivity index (χ2n) is 6.94. The van der Waals surface area contributed by atoms with Gasteiger partial charge in [0.25, 0.3) is 5.56 Å². The van der Waals surface area contributed by atoms with Crippen molar-refractivity contribution in [3.8, 4) is 17.5 Å². The molecule has 0 saturated carbocycles. The number of benzene rings is 2. The molecule has 0 saturated heterocycles. The van der Waals surface area contributed by atoms with Crippen LogP contribution in [0.2, 0.25) is 0 Å². The van der Waals surface area contributed by atoms with E-state index in [4.69, 9.17) is 4.62 Å². The van der Waals surface area contributed by atoms with Crippen LogP contribution in [0, 0.1) is 11.3 Å². The van der Waals surface area contributed by atoms with E-state index in [1.54, 1.807) is 18.2 Å². The molecule has 2 aromatic carbocycles. The Kier molecular flexibility index (Phi) is 4.59. The number of imidazole rings is 1. The van der Waals surface area contributed by atoms with E-state index in [0.29, 0.717) is 22.4 Å². The van der Waals surface area contributed by atoms with Gasteiger partial charge in [-0.25, -0.2) is 9.55 Å². The highest BCUT2D eigenvalue weighted by atomic mass is 31.2. The number of nitriles is 1. The zero-order chi connectivity index (χ0) is 22.3. The van der Waals surface area contributed by atoms with Crippen LogP contribution in [0.5, 0.6) is 0 Å². The fourth-order valence-corrected chi connectivity index (χ4v) is 4.60. The van der Waals surface area contributed by atoms with E-state index in [-0.39, 0.29) is 16.8 Å². The van der Waals surface area contributed by atoms with Crippen LogP contribution >= 0.6 is 7.60 Å². The second kappa shape index (κ2) is 7.46. The molecule has 1 unspecified atom stereocenters. The normalized spacial score (nSPS) is 13.1. The summed E-state index contributed by atoms with van der Waals surface area (Å²) in [6.45, 7) is 0. The molecule has 32 heavy (non-hydrogen) atoms. The highest BCUT2D eigenvalue weighted by molar-refractivity contribution is 7.52. The molecule has 0 radical (unpaired) electrons. The van der Waals surface area contributed by atoms with Crippen LogP contribution in [0.25, 0.3) is 28.1 Å². The summed E-state index contributed by atoms with van der Waals surface area (Å²) in [6, 6.07) is 14.1. The number of nitrogens with zero attached hydrogens (tertiary/aromatic N) is 6. The molecule has 5 rings (SSSR count). The summed E-state index contributed by atoms with van der Waals surface area (Å²) in [6.07, 6.45) is 3.80. The Morgan fingerprint density at radius 2 is 2.06 bits per heavy atom. The maximum absolute atomic E-state index is 13.0. The summed E-state index contributed by atoms with van der Waals surface area (Å²) in [4.78, 5) is 29.6. The minimum absolute atomic E-state index is 0.0718. The lowest BCUT2D eigenvalue weighted by molar-refractivity contribution is 0.233. The monoisotopic (exact) mass is 447 g/mol. The molecular weight excluding hydrogens is 433 g/mol. The molecule has 0 bridgehead atoms. The largest absolute Gasteiger partial charge is 0.399 e. The molecule has 0 aliphatic carbocycles. The molecule has 5 aromatic rings. The molecule has 0 aliphatic heterocycles. The third-order valence-electron chi connectivity index (χ3n) is 4.83. The Labute approximate surface area is 179 Å². The number of nitrogens with one attached hydrogen (secondary N) is 1. The van der Waals surface area contributed by atoms with Crippen molar-refractivity contribution in [3.05, 3.63) is 82.7 Å². The van der Waals surface area contributed by atoms with E-state index >= 15 is 0 Å². The van der Waals surface area contributed by atoms with E-state index in [1.807, 2.05) is 24.3 Å². The van der Waals surface area contributed by atoms with Gasteiger partial charge < -0.3 is 14.5 Å². The van der Waals surface area contributed by atoms with Crippen LogP contribution in [0.4, 0.5) is 0 Å². The van der Waals surface area contributed by atoms with Gasteiger partial charge in [-0.05, 0) is 17.7 Å². The number of aromatic nitrogens is 6. The van der Waals surface area contributed by atoms with Crippen molar-refractivity contribution in [2.45, 2.75) is 6.16 Å². The van der Waals surface area contributed by atoms with Crippen molar-refractivity contribution < 1.29 is 14.1 Å². The van der Waals surface area contributed by atoms with E-state index in [2.05, 4.69) is 20.2 Å². The quantitative estimate of drug-likeness (QED) is 0.389. The van der Waals surface area contributed by atoms with Crippen molar-refractivity contribution in [2.24, 2.45) is 0 Å². The summed E-state index contributed by atoms with van der Waals surface area (Å²) in [5.41, 5.74) is 1.57. The van der Waals surface area contributed by atoms with Crippen molar-refractivity contribution >= 4 is 24.3 Å². The first-order chi connectivity index (χ1) is 15.4. The summed E-state index contributed by atoms with van der Waals surface area (Å²) < 4.78 is 21.0. The van der Waals surface area contributed by atoms with Crippen LogP contribution in [0.1, 0.15) is 11.1 Å². The fraction of sp³-hybridized carbons (Fsp3) is 0.0500. The zero-order valence-electron chi connectivity index (χ0n) is 16.3. The van der Waals surface area contributed by atoms with Gasteiger partial charge in [-0.1, -0.05) is 30.3 Å². The van der Waals surface area contributed by atoms with Crippen LogP contribution in [0.15, 0.2) is 66.0 Å². The predicted molar refractivity (Wildman–Crippen MR) is 114 cm³/mol. The van der Waals surface area contributed by atoms with Crippen LogP contribution < -0.4 is 10.2 Å². The van der Waals surface area contributed by atoms with Gasteiger partial charge in [-0.2, -0.15) is 9.99 Å². The van der Waals surface area contributed by atoms with E-state index in [9.17, 15) is 19.5 Å². The summed E-state index contributed by atoms with van der Waals surface area (Å²) in [7, 11) is -4.26. The number of fused-ring (bicyclic) bond motifs is 3. The molecule has 0 spiro atoms. The minimum Gasteiger partial charge on any atom is -0.331 e. The lowest BCUT2D eigenvalue weighted by Gasteiger charge is -2.16. The summed E-state index contributed by atoms with van der Waals surface area (Å²) in [5.74, 6) is 0.364. The van der Waals surface area contributed by atoms with E-state index < -0.39 is 19.3 Å². The van der Waals surface area contributed by atoms with Gasteiger partial charge in [0.15, 0.2) is 5.82 Å². The molecule has 0 aliphatic rings. The summed E-state index contributed by atoms with van der Waals surface area (Å²) in [5, 5.41) is 17.1. The van der Waals surface area contributed by atoms with Crippen molar-refractivity contribution in [3.63, 3.8) is 0 Å². The molecule has 11 nitrogen and oxygen atoms in total. The lowest BCUT2D eigenvalue weighted by Crippen LogP contribution is -2.13. The maximum atomic E-state index is 13.0. The molecule has 3 heterocycles. The number of hydrogen-bond acceptors (Lipinski definition) is 7. The predicted octanol–water partition coefficient (Wildman–Crippen LogP) is 2.12. The van der Waals surface area contributed by atoms with Gasteiger partial charge in [-0.3, -0.25) is 9.20 Å². The van der Waals surface area contributed by atoms with Crippen LogP contribution in [0.3, 0.4) is 0 Å². The van der Waals surface area contributed by atoms with Gasteiger partial charge in [-0.15, -0.1) is 10.2 Å². The molecule has 158 valence electrons. The van der Waals surface area contributed by atoms with Gasteiger partial charge in [0, 0.05) is 11.8 Å². The molecule has 12 heteroatoms. The Morgan fingerprint density at radius 3 is 2.84 bits per heavy atom. The first kappa shape index (κ1) is 19.7. The number of aromatic amines is 1. The second-order valence-corrected chi connectivity index (χ2v) is 8.69. The standard InChI is InChI=1S/C20H14N7O4P/c21-10-14-8-16-17(26-12-23-25-19(26)20(28)24-16)9-15(14)11-32(29,30)31-27-7-6-22-18(27)13-4-2-1-3-5-13/h1-9,12H,11H2,(H,24,28)(H,29,30). The Bertz CT molecular complexity index is 1610. The molecule has 1 atom stereocenters. The number of hydrogen-bond donors (Lipinski definition) is 2. The average molecular weight is 447 g/mol. The van der Waals surface area contributed by atoms with E-state index in [0.717, 1.165) is 4.73 Å². The highest BCUT2D eigenvalue weighted by Gasteiger charge is 2.26. The van der Waals surface area contributed by atoms with Crippen LogP contribution in [-0.2, 0) is 10.7 Å². The van der Waals surface area contributed by atoms with E-state index in [1.165, 1.54) is 29.2 Å². The van der Waals surface area contributed by atoms with Crippen LogP contribution in [-0.4, -0.2) is 34.2 Å².